The third-order valence-corrected chi connectivity index (χ3v) is 3.85. The zero-order valence-electron chi connectivity index (χ0n) is 10.9. The van der Waals surface area contributed by atoms with Crippen molar-refractivity contribution in [1.29, 1.82) is 0 Å². The fraction of sp³-hybridized carbons (Fsp3) is 0.923. The highest BCUT2D eigenvalue weighted by molar-refractivity contribution is 5.66. The van der Waals surface area contributed by atoms with E-state index >= 15 is 0 Å². The average molecular weight is 256 g/mol. The van der Waals surface area contributed by atoms with Crippen LogP contribution in [0.2, 0.25) is 0 Å². The third-order valence-electron chi connectivity index (χ3n) is 3.85. The molecule has 0 amide bonds. The lowest BCUT2D eigenvalue weighted by molar-refractivity contribution is -0.136. The van der Waals surface area contributed by atoms with Crippen LogP contribution in [0.25, 0.3) is 0 Å². The summed E-state index contributed by atoms with van der Waals surface area (Å²) in [6.45, 7) is 4.79. The van der Waals surface area contributed by atoms with E-state index in [0.717, 1.165) is 39.1 Å². The van der Waals surface area contributed by atoms with Crippen molar-refractivity contribution in [3.8, 4) is 0 Å². The van der Waals surface area contributed by atoms with Gasteiger partial charge in [-0.1, -0.05) is 0 Å². The van der Waals surface area contributed by atoms with Gasteiger partial charge in [-0.2, -0.15) is 0 Å². The highest BCUT2D eigenvalue weighted by Gasteiger charge is 2.23. The van der Waals surface area contributed by atoms with Crippen molar-refractivity contribution in [1.82, 2.24) is 10.2 Å². The third kappa shape index (κ3) is 4.55. The topological polar surface area (TPSA) is 61.8 Å². The Morgan fingerprint density at radius 2 is 2.11 bits per heavy atom. The second-order valence-corrected chi connectivity index (χ2v) is 5.31. The molecular formula is C13H24N2O3. The van der Waals surface area contributed by atoms with Crippen molar-refractivity contribution in [3.63, 3.8) is 0 Å². The minimum Gasteiger partial charge on any atom is -0.481 e. The lowest BCUT2D eigenvalue weighted by Gasteiger charge is -2.33. The number of carbonyl (C=O) groups is 1. The number of aliphatic carboxylic acids is 1. The van der Waals surface area contributed by atoms with Crippen molar-refractivity contribution < 1.29 is 14.6 Å². The summed E-state index contributed by atoms with van der Waals surface area (Å²) in [5.41, 5.74) is 0. The fourth-order valence-electron chi connectivity index (χ4n) is 2.78. The number of nitrogens with zero attached hydrogens (tertiary/aromatic N) is 1. The molecule has 1 atom stereocenters. The normalized spacial score (nSPS) is 26.6. The van der Waals surface area contributed by atoms with Gasteiger partial charge in [-0.3, -0.25) is 4.79 Å². The van der Waals surface area contributed by atoms with Crippen LogP contribution in [-0.2, 0) is 9.53 Å². The number of carboxylic acids is 1. The number of piperidine rings is 1. The molecule has 2 aliphatic heterocycles. The van der Waals surface area contributed by atoms with Gasteiger partial charge in [-0.15, -0.1) is 0 Å². The Hall–Kier alpha value is -0.650. The lowest BCUT2D eigenvalue weighted by atomic mass is 10.0. The zero-order valence-corrected chi connectivity index (χ0v) is 10.9. The summed E-state index contributed by atoms with van der Waals surface area (Å²) in [6.07, 6.45) is 5.31. The molecule has 5 heteroatoms. The summed E-state index contributed by atoms with van der Waals surface area (Å²) in [5, 5.41) is 11.9. The number of carboxylic acid groups (broad SMARTS) is 1. The van der Waals surface area contributed by atoms with Crippen LogP contribution in [0.15, 0.2) is 0 Å². The van der Waals surface area contributed by atoms with Crippen molar-refractivity contribution in [2.24, 2.45) is 0 Å². The van der Waals surface area contributed by atoms with E-state index < -0.39 is 5.97 Å². The summed E-state index contributed by atoms with van der Waals surface area (Å²) in [5.74, 6) is -0.724. The van der Waals surface area contributed by atoms with Gasteiger partial charge < -0.3 is 20.1 Å². The lowest BCUT2D eigenvalue weighted by Crippen LogP contribution is -2.45. The van der Waals surface area contributed by atoms with Gasteiger partial charge in [0.15, 0.2) is 0 Å². The highest BCUT2D eigenvalue weighted by Crippen LogP contribution is 2.16. The van der Waals surface area contributed by atoms with Crippen molar-refractivity contribution in [3.05, 3.63) is 0 Å². The quantitative estimate of drug-likeness (QED) is 0.732. The minimum absolute atomic E-state index is 0.218. The summed E-state index contributed by atoms with van der Waals surface area (Å²) in [7, 11) is 0. The van der Waals surface area contributed by atoms with E-state index in [1.165, 1.54) is 12.8 Å². The van der Waals surface area contributed by atoms with Crippen molar-refractivity contribution in [2.45, 2.75) is 44.2 Å². The summed E-state index contributed by atoms with van der Waals surface area (Å²) in [4.78, 5) is 12.9. The van der Waals surface area contributed by atoms with Gasteiger partial charge in [0.2, 0.25) is 0 Å². The maximum absolute atomic E-state index is 10.4. The number of rotatable bonds is 6. The molecule has 2 N–H and O–H groups in total. The Morgan fingerprint density at radius 1 is 1.33 bits per heavy atom. The molecule has 0 aliphatic carbocycles. The SMILES string of the molecule is O=C(O)CCNC1CCN(CC2CCCO2)CC1. The number of hydrogen-bond acceptors (Lipinski definition) is 4. The molecule has 0 radical (unpaired) electrons. The molecule has 0 bridgehead atoms. The Kier molecular flexibility index (Phi) is 5.41. The molecule has 2 fully saturated rings. The van der Waals surface area contributed by atoms with Crippen LogP contribution in [0.5, 0.6) is 0 Å². The van der Waals surface area contributed by atoms with Gasteiger partial charge in [-0.05, 0) is 38.8 Å². The molecular weight excluding hydrogens is 232 g/mol. The molecule has 2 rings (SSSR count). The van der Waals surface area contributed by atoms with Crippen LogP contribution < -0.4 is 5.32 Å². The first-order chi connectivity index (χ1) is 8.74. The molecule has 2 aliphatic rings. The monoisotopic (exact) mass is 256 g/mol. The average Bonchev–Trinajstić information content (AvgIpc) is 2.84. The number of likely N-dealkylation sites (tertiary alicyclic amines) is 1. The van der Waals surface area contributed by atoms with Crippen LogP contribution in [0.3, 0.4) is 0 Å². The predicted molar refractivity (Wildman–Crippen MR) is 68.7 cm³/mol. The molecule has 0 saturated carbocycles. The van der Waals surface area contributed by atoms with E-state index in [0.29, 0.717) is 18.7 Å². The van der Waals surface area contributed by atoms with Crippen LogP contribution in [0.1, 0.15) is 32.1 Å². The van der Waals surface area contributed by atoms with E-state index in [1.54, 1.807) is 0 Å². The van der Waals surface area contributed by atoms with Crippen LogP contribution in [-0.4, -0.2) is 60.9 Å². The molecule has 5 nitrogen and oxygen atoms in total. The minimum atomic E-state index is -0.724. The molecule has 2 heterocycles. The first-order valence-corrected chi connectivity index (χ1v) is 7.03. The maximum Gasteiger partial charge on any atom is 0.304 e. The zero-order chi connectivity index (χ0) is 12.8. The summed E-state index contributed by atoms with van der Waals surface area (Å²) in [6, 6.07) is 0.491. The first kappa shape index (κ1) is 13.8. The fourth-order valence-corrected chi connectivity index (χ4v) is 2.78. The van der Waals surface area contributed by atoms with Crippen LogP contribution >= 0.6 is 0 Å². The Bertz CT molecular complexity index is 259. The Morgan fingerprint density at radius 3 is 2.72 bits per heavy atom. The van der Waals surface area contributed by atoms with E-state index in [-0.39, 0.29) is 6.42 Å². The summed E-state index contributed by atoms with van der Waals surface area (Å²) >= 11 is 0. The highest BCUT2D eigenvalue weighted by atomic mass is 16.5. The molecule has 2 saturated heterocycles. The Labute approximate surface area is 108 Å². The number of ether oxygens (including phenoxy) is 1. The van der Waals surface area contributed by atoms with Gasteiger partial charge in [0.05, 0.1) is 12.5 Å². The first-order valence-electron chi connectivity index (χ1n) is 7.03. The molecule has 0 aromatic rings. The predicted octanol–water partition coefficient (Wildman–Crippen LogP) is 0.694. The van der Waals surface area contributed by atoms with Gasteiger partial charge in [0, 0.05) is 25.7 Å². The van der Waals surface area contributed by atoms with Gasteiger partial charge >= 0.3 is 5.97 Å². The second kappa shape index (κ2) is 7.07. The molecule has 18 heavy (non-hydrogen) atoms. The van der Waals surface area contributed by atoms with E-state index in [9.17, 15) is 4.79 Å². The van der Waals surface area contributed by atoms with Crippen molar-refractivity contribution >= 4 is 5.97 Å². The second-order valence-electron chi connectivity index (χ2n) is 5.31. The largest absolute Gasteiger partial charge is 0.481 e. The van der Waals surface area contributed by atoms with E-state index in [4.69, 9.17) is 9.84 Å². The van der Waals surface area contributed by atoms with Crippen LogP contribution in [0.4, 0.5) is 0 Å². The molecule has 0 aromatic heterocycles. The molecule has 104 valence electrons. The van der Waals surface area contributed by atoms with Gasteiger partial charge in [0.25, 0.3) is 0 Å². The number of hydrogen-bond donors (Lipinski definition) is 2. The number of nitrogens with one attached hydrogen (secondary N) is 1. The summed E-state index contributed by atoms with van der Waals surface area (Å²) < 4.78 is 5.65. The smallest absolute Gasteiger partial charge is 0.304 e. The molecule has 0 aromatic carbocycles. The molecule has 0 spiro atoms. The van der Waals surface area contributed by atoms with Crippen molar-refractivity contribution in [2.75, 3.05) is 32.8 Å². The Balaban J connectivity index is 1.57. The van der Waals surface area contributed by atoms with E-state index in [2.05, 4.69) is 10.2 Å². The van der Waals surface area contributed by atoms with E-state index in [1.807, 2.05) is 0 Å². The van der Waals surface area contributed by atoms with Crippen LogP contribution in [0, 0.1) is 0 Å². The standard InChI is InChI=1S/C13H24N2O3/c16-13(17)3-6-14-11-4-7-15(8-5-11)10-12-2-1-9-18-12/h11-12,14H,1-10H2,(H,16,17). The molecule has 1 unspecified atom stereocenters. The van der Waals surface area contributed by atoms with Gasteiger partial charge in [-0.25, -0.2) is 0 Å². The van der Waals surface area contributed by atoms with Gasteiger partial charge in [0.1, 0.15) is 0 Å². The maximum atomic E-state index is 10.4.